The largest absolute Gasteiger partial charge is 0.481 e. The van der Waals surface area contributed by atoms with E-state index in [1.807, 2.05) is 6.92 Å². The lowest BCUT2D eigenvalue weighted by atomic mass is 9.97. The summed E-state index contributed by atoms with van der Waals surface area (Å²) in [6, 6.07) is 0. The standard InChI is InChI=1S/C12H24O4/c1-4-6-8-11(12(13)14)10(3)16-15-9-7-5-2/h10-11H,4-9H2,1-3H3,(H,13,14). The Balaban J connectivity index is 3.87. The van der Waals surface area contributed by atoms with Crippen LogP contribution in [0.15, 0.2) is 0 Å². The molecule has 0 aromatic rings. The van der Waals surface area contributed by atoms with Gasteiger partial charge in [-0.1, -0.05) is 33.1 Å². The number of unbranched alkanes of at least 4 members (excludes halogenated alkanes) is 2. The van der Waals surface area contributed by atoms with Gasteiger partial charge in [-0.05, 0) is 19.8 Å². The molecule has 0 aliphatic heterocycles. The summed E-state index contributed by atoms with van der Waals surface area (Å²) in [7, 11) is 0. The normalized spacial score (nSPS) is 14.7. The summed E-state index contributed by atoms with van der Waals surface area (Å²) >= 11 is 0. The van der Waals surface area contributed by atoms with Crippen LogP contribution >= 0.6 is 0 Å². The fourth-order valence-corrected chi connectivity index (χ4v) is 1.41. The molecular formula is C12H24O4. The molecule has 96 valence electrons. The maximum atomic E-state index is 11.0. The van der Waals surface area contributed by atoms with E-state index in [4.69, 9.17) is 14.9 Å². The molecule has 2 atom stereocenters. The van der Waals surface area contributed by atoms with E-state index in [9.17, 15) is 4.79 Å². The highest BCUT2D eigenvalue weighted by Gasteiger charge is 2.25. The molecule has 2 unspecified atom stereocenters. The van der Waals surface area contributed by atoms with Crippen molar-refractivity contribution in [3.8, 4) is 0 Å². The number of carbonyl (C=O) groups is 1. The highest BCUT2D eigenvalue weighted by Crippen LogP contribution is 2.16. The molecule has 0 aromatic heterocycles. The second kappa shape index (κ2) is 9.60. The first-order chi connectivity index (χ1) is 7.63. The van der Waals surface area contributed by atoms with Crippen LogP contribution in [0.25, 0.3) is 0 Å². The Kier molecular flexibility index (Phi) is 9.24. The van der Waals surface area contributed by atoms with Crippen LogP contribution in [0.2, 0.25) is 0 Å². The minimum Gasteiger partial charge on any atom is -0.481 e. The zero-order valence-corrected chi connectivity index (χ0v) is 10.6. The van der Waals surface area contributed by atoms with Gasteiger partial charge in [-0.3, -0.25) is 4.79 Å². The lowest BCUT2D eigenvalue weighted by Gasteiger charge is -2.19. The number of aliphatic carboxylic acids is 1. The fraction of sp³-hybridized carbons (Fsp3) is 0.917. The third-order valence-corrected chi connectivity index (χ3v) is 2.55. The topological polar surface area (TPSA) is 55.8 Å². The van der Waals surface area contributed by atoms with E-state index in [0.29, 0.717) is 13.0 Å². The highest BCUT2D eigenvalue weighted by molar-refractivity contribution is 5.70. The van der Waals surface area contributed by atoms with Crippen molar-refractivity contribution in [1.82, 2.24) is 0 Å². The molecule has 0 rings (SSSR count). The van der Waals surface area contributed by atoms with Crippen molar-refractivity contribution >= 4 is 5.97 Å². The summed E-state index contributed by atoms with van der Waals surface area (Å²) in [5.74, 6) is -1.28. The molecule has 4 heteroatoms. The van der Waals surface area contributed by atoms with Crippen molar-refractivity contribution in [1.29, 1.82) is 0 Å². The van der Waals surface area contributed by atoms with Crippen molar-refractivity contribution in [2.45, 2.75) is 59.0 Å². The molecule has 16 heavy (non-hydrogen) atoms. The molecule has 0 aromatic carbocycles. The molecule has 4 nitrogen and oxygen atoms in total. The van der Waals surface area contributed by atoms with E-state index >= 15 is 0 Å². The molecule has 0 fully saturated rings. The molecule has 0 bridgehead atoms. The van der Waals surface area contributed by atoms with Gasteiger partial charge in [-0.15, -0.1) is 0 Å². The van der Waals surface area contributed by atoms with Crippen LogP contribution in [0.4, 0.5) is 0 Å². The Morgan fingerprint density at radius 3 is 2.38 bits per heavy atom. The van der Waals surface area contributed by atoms with Crippen LogP contribution in [0.5, 0.6) is 0 Å². The SMILES string of the molecule is CCCCOOC(C)C(CCCC)C(=O)O. The van der Waals surface area contributed by atoms with Crippen molar-refractivity contribution in [3.05, 3.63) is 0 Å². The number of rotatable bonds is 10. The maximum absolute atomic E-state index is 11.0. The Hall–Kier alpha value is -0.610. The van der Waals surface area contributed by atoms with Crippen molar-refractivity contribution in [3.63, 3.8) is 0 Å². The molecule has 0 aliphatic carbocycles. The zero-order valence-electron chi connectivity index (χ0n) is 10.6. The molecule has 1 N–H and O–H groups in total. The number of carboxylic acid groups (broad SMARTS) is 1. The Bertz CT molecular complexity index is 182. The molecule has 0 saturated carbocycles. The number of hydrogen-bond donors (Lipinski definition) is 1. The predicted octanol–water partition coefficient (Wildman–Crippen LogP) is 3.01. The molecule has 0 amide bonds. The first-order valence-electron chi connectivity index (χ1n) is 6.14. The van der Waals surface area contributed by atoms with Crippen LogP contribution in [-0.2, 0) is 14.6 Å². The van der Waals surface area contributed by atoms with Crippen molar-refractivity contribution in [2.24, 2.45) is 5.92 Å². The van der Waals surface area contributed by atoms with Gasteiger partial charge in [-0.25, -0.2) is 9.78 Å². The summed E-state index contributed by atoms with van der Waals surface area (Å²) in [4.78, 5) is 21.1. The van der Waals surface area contributed by atoms with Crippen LogP contribution in [0.1, 0.15) is 52.9 Å². The monoisotopic (exact) mass is 232 g/mol. The van der Waals surface area contributed by atoms with Gasteiger partial charge in [0.1, 0.15) is 6.10 Å². The van der Waals surface area contributed by atoms with Gasteiger partial charge in [0.2, 0.25) is 0 Å². The van der Waals surface area contributed by atoms with Gasteiger partial charge >= 0.3 is 5.97 Å². The van der Waals surface area contributed by atoms with E-state index in [0.717, 1.165) is 25.7 Å². The molecule has 0 aliphatic rings. The summed E-state index contributed by atoms with van der Waals surface area (Å²) in [6.45, 7) is 6.39. The Morgan fingerprint density at radius 1 is 1.25 bits per heavy atom. The van der Waals surface area contributed by atoms with E-state index in [-0.39, 0.29) is 6.10 Å². The minimum atomic E-state index is -0.806. The third-order valence-electron chi connectivity index (χ3n) is 2.55. The Morgan fingerprint density at radius 2 is 1.88 bits per heavy atom. The third kappa shape index (κ3) is 6.80. The first-order valence-corrected chi connectivity index (χ1v) is 6.14. The average molecular weight is 232 g/mol. The number of hydrogen-bond acceptors (Lipinski definition) is 3. The Labute approximate surface area is 97.9 Å². The summed E-state index contributed by atoms with van der Waals surface area (Å²) < 4.78 is 0. The maximum Gasteiger partial charge on any atom is 0.309 e. The van der Waals surface area contributed by atoms with Gasteiger partial charge in [0.25, 0.3) is 0 Å². The van der Waals surface area contributed by atoms with Crippen LogP contribution in [0.3, 0.4) is 0 Å². The highest BCUT2D eigenvalue weighted by atomic mass is 17.2. The van der Waals surface area contributed by atoms with Crippen LogP contribution in [-0.4, -0.2) is 23.8 Å². The predicted molar refractivity (Wildman–Crippen MR) is 62.1 cm³/mol. The van der Waals surface area contributed by atoms with Gasteiger partial charge in [0.05, 0.1) is 12.5 Å². The summed E-state index contributed by atoms with van der Waals surface area (Å²) in [6.07, 6.45) is 4.12. The lowest BCUT2D eigenvalue weighted by molar-refractivity contribution is -0.329. The quantitative estimate of drug-likeness (QED) is 0.357. The smallest absolute Gasteiger partial charge is 0.309 e. The van der Waals surface area contributed by atoms with E-state index in [2.05, 4.69) is 6.92 Å². The molecule has 0 saturated heterocycles. The second-order valence-corrected chi connectivity index (χ2v) is 4.06. The zero-order chi connectivity index (χ0) is 12.4. The number of carboxylic acids is 1. The van der Waals surface area contributed by atoms with E-state index in [1.54, 1.807) is 6.92 Å². The second-order valence-electron chi connectivity index (χ2n) is 4.06. The molecule has 0 heterocycles. The minimum absolute atomic E-state index is 0.388. The lowest BCUT2D eigenvalue weighted by Crippen LogP contribution is -2.28. The molecular weight excluding hydrogens is 208 g/mol. The summed E-state index contributed by atoms with van der Waals surface area (Å²) in [5, 5.41) is 9.04. The summed E-state index contributed by atoms with van der Waals surface area (Å²) in [5.41, 5.74) is 0. The molecule has 0 radical (unpaired) electrons. The van der Waals surface area contributed by atoms with Crippen LogP contribution < -0.4 is 0 Å². The van der Waals surface area contributed by atoms with E-state index in [1.165, 1.54) is 0 Å². The average Bonchev–Trinajstić information content (AvgIpc) is 2.24. The fourth-order valence-electron chi connectivity index (χ4n) is 1.41. The van der Waals surface area contributed by atoms with Gasteiger partial charge in [0.15, 0.2) is 0 Å². The van der Waals surface area contributed by atoms with Gasteiger partial charge in [0, 0.05) is 0 Å². The van der Waals surface area contributed by atoms with Gasteiger partial charge in [-0.2, -0.15) is 0 Å². The van der Waals surface area contributed by atoms with Crippen LogP contribution in [0, 0.1) is 5.92 Å². The van der Waals surface area contributed by atoms with Crippen molar-refractivity contribution in [2.75, 3.05) is 6.61 Å². The van der Waals surface area contributed by atoms with E-state index < -0.39 is 11.9 Å². The van der Waals surface area contributed by atoms with Crippen molar-refractivity contribution < 1.29 is 19.7 Å². The molecule has 0 spiro atoms. The first kappa shape index (κ1) is 15.4. The van der Waals surface area contributed by atoms with Gasteiger partial charge < -0.3 is 5.11 Å².